The lowest BCUT2D eigenvalue weighted by atomic mass is 9.81. The average molecular weight is 232 g/mol. The molecule has 1 aromatic rings. The van der Waals surface area contributed by atoms with E-state index in [0.717, 1.165) is 25.6 Å². The molecule has 2 atom stereocenters. The number of nitrogens with zero attached hydrogens (tertiary/aromatic N) is 2. The number of fused-ring (bicyclic) bond motifs is 1. The van der Waals surface area contributed by atoms with Crippen molar-refractivity contribution in [3.05, 3.63) is 11.7 Å². The van der Waals surface area contributed by atoms with Gasteiger partial charge in [-0.2, -0.15) is 4.98 Å². The van der Waals surface area contributed by atoms with Gasteiger partial charge < -0.3 is 14.6 Å². The SMILES string of the molecule is Cc1noc([C@@]23CNC[C@@H]2COC3)n1.Cl. The summed E-state index contributed by atoms with van der Waals surface area (Å²) in [5.41, 5.74) is -0.0543. The van der Waals surface area contributed by atoms with E-state index in [2.05, 4.69) is 15.5 Å². The summed E-state index contributed by atoms with van der Waals surface area (Å²) in [5, 5.41) is 7.21. The summed E-state index contributed by atoms with van der Waals surface area (Å²) >= 11 is 0. The number of rotatable bonds is 1. The van der Waals surface area contributed by atoms with Crippen LogP contribution in [0.5, 0.6) is 0 Å². The summed E-state index contributed by atoms with van der Waals surface area (Å²) in [5.74, 6) is 1.93. The zero-order valence-corrected chi connectivity index (χ0v) is 9.34. The topological polar surface area (TPSA) is 60.2 Å². The molecule has 0 spiro atoms. The number of hydrogen-bond acceptors (Lipinski definition) is 5. The van der Waals surface area contributed by atoms with E-state index in [1.807, 2.05) is 6.92 Å². The Morgan fingerprint density at radius 2 is 2.40 bits per heavy atom. The maximum Gasteiger partial charge on any atom is 0.236 e. The molecule has 15 heavy (non-hydrogen) atoms. The Bertz CT molecular complexity index is 345. The highest BCUT2D eigenvalue weighted by Crippen LogP contribution is 2.39. The van der Waals surface area contributed by atoms with Gasteiger partial charge in [-0.05, 0) is 6.92 Å². The Morgan fingerprint density at radius 3 is 3.13 bits per heavy atom. The molecular weight excluding hydrogens is 218 g/mol. The summed E-state index contributed by atoms with van der Waals surface area (Å²) in [7, 11) is 0. The third-order valence-electron chi connectivity index (χ3n) is 3.24. The van der Waals surface area contributed by atoms with Crippen LogP contribution in [0.3, 0.4) is 0 Å². The molecule has 0 unspecified atom stereocenters. The summed E-state index contributed by atoms with van der Waals surface area (Å²) in [6, 6.07) is 0. The van der Waals surface area contributed by atoms with Gasteiger partial charge in [0.05, 0.1) is 18.6 Å². The molecule has 1 N–H and O–H groups in total. The average Bonchev–Trinajstić information content (AvgIpc) is 2.75. The fourth-order valence-electron chi connectivity index (χ4n) is 2.39. The minimum absolute atomic E-state index is 0. The second-order valence-electron chi connectivity index (χ2n) is 4.15. The van der Waals surface area contributed by atoms with Crippen LogP contribution in [0.1, 0.15) is 11.7 Å². The molecular formula is C9H14ClN3O2. The van der Waals surface area contributed by atoms with Gasteiger partial charge in [0.1, 0.15) is 0 Å². The summed E-state index contributed by atoms with van der Waals surface area (Å²) in [4.78, 5) is 4.33. The molecule has 0 saturated carbocycles. The van der Waals surface area contributed by atoms with Crippen molar-refractivity contribution in [2.24, 2.45) is 5.92 Å². The van der Waals surface area contributed by atoms with Crippen molar-refractivity contribution in [2.45, 2.75) is 12.3 Å². The van der Waals surface area contributed by atoms with E-state index in [-0.39, 0.29) is 17.8 Å². The third kappa shape index (κ3) is 1.46. The van der Waals surface area contributed by atoms with Gasteiger partial charge in [-0.3, -0.25) is 0 Å². The van der Waals surface area contributed by atoms with Crippen molar-refractivity contribution in [3.63, 3.8) is 0 Å². The van der Waals surface area contributed by atoms with Crippen LogP contribution in [0.15, 0.2) is 4.52 Å². The predicted octanol–water partition coefficient (Wildman–Crippen LogP) is 0.287. The summed E-state index contributed by atoms with van der Waals surface area (Å²) in [6.07, 6.45) is 0. The lowest BCUT2D eigenvalue weighted by molar-refractivity contribution is 0.161. The van der Waals surface area contributed by atoms with Crippen LogP contribution in [-0.2, 0) is 10.2 Å². The normalized spacial score (nSPS) is 33.8. The van der Waals surface area contributed by atoms with Crippen LogP contribution < -0.4 is 5.32 Å². The van der Waals surface area contributed by atoms with Crippen LogP contribution in [0.25, 0.3) is 0 Å². The molecule has 2 saturated heterocycles. The minimum atomic E-state index is -0.0543. The second kappa shape index (κ2) is 3.73. The molecule has 2 aliphatic rings. The highest BCUT2D eigenvalue weighted by Gasteiger charge is 2.52. The lowest BCUT2D eigenvalue weighted by Gasteiger charge is -2.20. The molecule has 0 amide bonds. The van der Waals surface area contributed by atoms with Gasteiger partial charge in [-0.1, -0.05) is 5.16 Å². The minimum Gasteiger partial charge on any atom is -0.380 e. The van der Waals surface area contributed by atoms with Gasteiger partial charge in [0.25, 0.3) is 0 Å². The Kier molecular flexibility index (Phi) is 2.70. The van der Waals surface area contributed by atoms with Crippen molar-refractivity contribution in [2.75, 3.05) is 26.3 Å². The van der Waals surface area contributed by atoms with Gasteiger partial charge in [-0.15, -0.1) is 12.4 Å². The first kappa shape index (κ1) is 10.9. The molecule has 0 aliphatic carbocycles. The molecule has 0 bridgehead atoms. The van der Waals surface area contributed by atoms with Gasteiger partial charge in [0.15, 0.2) is 5.82 Å². The van der Waals surface area contributed by atoms with Crippen LogP contribution in [0, 0.1) is 12.8 Å². The number of nitrogens with one attached hydrogen (secondary N) is 1. The zero-order valence-electron chi connectivity index (χ0n) is 8.52. The standard InChI is InChI=1S/C9H13N3O2.ClH/c1-6-11-8(14-12-6)9-4-10-2-7(9)3-13-5-9;/h7,10H,2-5H2,1H3;1H/t7-,9-;/m1./s1. The molecule has 0 aromatic carbocycles. The number of ether oxygens (including phenoxy) is 1. The van der Waals surface area contributed by atoms with Crippen LogP contribution in [0.2, 0.25) is 0 Å². The van der Waals surface area contributed by atoms with Crippen molar-refractivity contribution < 1.29 is 9.26 Å². The summed E-state index contributed by atoms with van der Waals surface area (Å²) in [6.45, 7) is 5.22. The Morgan fingerprint density at radius 1 is 1.53 bits per heavy atom. The first-order valence-electron chi connectivity index (χ1n) is 4.90. The zero-order chi connectivity index (χ0) is 9.60. The quantitative estimate of drug-likeness (QED) is 0.753. The molecule has 3 heterocycles. The fraction of sp³-hybridized carbons (Fsp3) is 0.778. The highest BCUT2D eigenvalue weighted by atomic mass is 35.5. The predicted molar refractivity (Wildman–Crippen MR) is 55.1 cm³/mol. The maximum absolute atomic E-state index is 5.51. The van der Waals surface area contributed by atoms with E-state index in [4.69, 9.17) is 9.26 Å². The van der Waals surface area contributed by atoms with Crippen molar-refractivity contribution >= 4 is 12.4 Å². The molecule has 5 nitrogen and oxygen atoms in total. The van der Waals surface area contributed by atoms with E-state index in [9.17, 15) is 0 Å². The molecule has 0 radical (unpaired) electrons. The highest BCUT2D eigenvalue weighted by molar-refractivity contribution is 5.85. The smallest absolute Gasteiger partial charge is 0.236 e. The molecule has 2 aliphatic heterocycles. The molecule has 84 valence electrons. The Labute approximate surface area is 94.0 Å². The Hall–Kier alpha value is -0.650. The summed E-state index contributed by atoms with van der Waals surface area (Å²) < 4.78 is 10.8. The number of aryl methyl sites for hydroxylation is 1. The van der Waals surface area contributed by atoms with E-state index >= 15 is 0 Å². The Balaban J connectivity index is 0.000000853. The van der Waals surface area contributed by atoms with E-state index in [1.165, 1.54) is 0 Å². The first-order valence-corrected chi connectivity index (χ1v) is 4.90. The van der Waals surface area contributed by atoms with Gasteiger partial charge >= 0.3 is 0 Å². The molecule has 1 aromatic heterocycles. The maximum atomic E-state index is 5.51. The van der Waals surface area contributed by atoms with Crippen LogP contribution >= 0.6 is 12.4 Å². The monoisotopic (exact) mass is 231 g/mol. The lowest BCUT2D eigenvalue weighted by Crippen LogP contribution is -2.35. The van der Waals surface area contributed by atoms with E-state index < -0.39 is 0 Å². The number of halogens is 1. The van der Waals surface area contributed by atoms with Gasteiger partial charge in [0, 0.05) is 19.0 Å². The van der Waals surface area contributed by atoms with E-state index in [1.54, 1.807) is 0 Å². The van der Waals surface area contributed by atoms with E-state index in [0.29, 0.717) is 18.3 Å². The fourth-order valence-corrected chi connectivity index (χ4v) is 2.39. The van der Waals surface area contributed by atoms with Crippen molar-refractivity contribution in [1.82, 2.24) is 15.5 Å². The molecule has 6 heteroatoms. The van der Waals surface area contributed by atoms with Crippen LogP contribution in [0.4, 0.5) is 0 Å². The molecule has 3 rings (SSSR count). The third-order valence-corrected chi connectivity index (χ3v) is 3.24. The van der Waals surface area contributed by atoms with Crippen LogP contribution in [-0.4, -0.2) is 36.4 Å². The largest absolute Gasteiger partial charge is 0.380 e. The van der Waals surface area contributed by atoms with Gasteiger partial charge in [0.2, 0.25) is 5.89 Å². The van der Waals surface area contributed by atoms with Crippen molar-refractivity contribution in [1.29, 1.82) is 0 Å². The second-order valence-corrected chi connectivity index (χ2v) is 4.15. The number of hydrogen-bond donors (Lipinski definition) is 1. The number of aromatic nitrogens is 2. The van der Waals surface area contributed by atoms with Gasteiger partial charge in [-0.25, -0.2) is 0 Å². The first-order chi connectivity index (χ1) is 6.81. The molecule has 2 fully saturated rings. The van der Waals surface area contributed by atoms with Crippen molar-refractivity contribution in [3.8, 4) is 0 Å².